The maximum atomic E-state index is 12.6. The average Bonchev–Trinajstić information content (AvgIpc) is 2.64. The number of halogens is 1. The second-order valence-corrected chi connectivity index (χ2v) is 6.37. The third kappa shape index (κ3) is 7.19. The van der Waals surface area contributed by atoms with Gasteiger partial charge in [-0.15, -0.1) is 0 Å². The van der Waals surface area contributed by atoms with Gasteiger partial charge in [-0.1, -0.05) is 11.6 Å². The lowest BCUT2D eigenvalue weighted by atomic mass is 10.3. The number of nitrogens with zero attached hydrogens (tertiary/aromatic N) is 2. The van der Waals surface area contributed by atoms with Crippen LogP contribution in [0.4, 0.5) is 10.5 Å². The summed E-state index contributed by atoms with van der Waals surface area (Å²) in [5, 5.41) is 3.45. The normalized spacial score (nSPS) is 14.7. The summed E-state index contributed by atoms with van der Waals surface area (Å²) >= 11 is 5.87. The summed E-state index contributed by atoms with van der Waals surface area (Å²) in [7, 11) is 0. The molecule has 0 aliphatic carbocycles. The van der Waals surface area contributed by atoms with Gasteiger partial charge in [0, 0.05) is 43.4 Å². The zero-order valence-electron chi connectivity index (χ0n) is 15.1. The zero-order chi connectivity index (χ0) is 18.8. The molecule has 144 valence electrons. The topological polar surface area (TPSA) is 71.1 Å². The number of esters is 1. The van der Waals surface area contributed by atoms with Crippen LogP contribution in [0.15, 0.2) is 24.3 Å². The number of amides is 2. The second kappa shape index (κ2) is 11.0. The molecule has 1 N–H and O–H groups in total. The minimum Gasteiger partial charge on any atom is -0.466 e. The van der Waals surface area contributed by atoms with Gasteiger partial charge >= 0.3 is 12.0 Å². The van der Waals surface area contributed by atoms with E-state index in [4.69, 9.17) is 21.1 Å². The molecule has 2 rings (SSSR count). The maximum Gasteiger partial charge on any atom is 0.321 e. The number of benzene rings is 1. The van der Waals surface area contributed by atoms with E-state index >= 15 is 0 Å². The summed E-state index contributed by atoms with van der Waals surface area (Å²) in [6.07, 6.45) is 0.172. The van der Waals surface area contributed by atoms with E-state index in [1.807, 2.05) is 0 Å². The SMILES string of the molecule is CCOC(=O)CCN(CCN1CCOCC1)C(=O)Nc1ccc(Cl)cc1. The van der Waals surface area contributed by atoms with Gasteiger partial charge in [0.2, 0.25) is 0 Å². The van der Waals surface area contributed by atoms with Crippen LogP contribution in [0, 0.1) is 0 Å². The van der Waals surface area contributed by atoms with Crippen LogP contribution < -0.4 is 5.32 Å². The molecule has 0 atom stereocenters. The number of rotatable bonds is 8. The molecule has 0 radical (unpaired) electrons. The molecule has 1 aliphatic heterocycles. The minimum atomic E-state index is -0.303. The number of carbonyl (C=O) groups excluding carboxylic acids is 2. The lowest BCUT2D eigenvalue weighted by Gasteiger charge is -2.30. The monoisotopic (exact) mass is 383 g/mol. The third-order valence-electron chi connectivity index (χ3n) is 4.06. The largest absolute Gasteiger partial charge is 0.466 e. The number of urea groups is 1. The fourth-order valence-electron chi connectivity index (χ4n) is 2.60. The third-order valence-corrected chi connectivity index (χ3v) is 4.32. The summed E-state index contributed by atoms with van der Waals surface area (Å²) in [6.45, 7) is 6.79. The van der Waals surface area contributed by atoms with Crippen LogP contribution in [-0.4, -0.2) is 74.3 Å². The number of carbonyl (C=O) groups is 2. The van der Waals surface area contributed by atoms with Gasteiger partial charge in [0.15, 0.2) is 0 Å². The van der Waals surface area contributed by atoms with Crippen LogP contribution >= 0.6 is 11.6 Å². The summed E-state index contributed by atoms with van der Waals surface area (Å²) in [5.74, 6) is -0.303. The maximum absolute atomic E-state index is 12.6. The van der Waals surface area contributed by atoms with Crippen LogP contribution in [0.3, 0.4) is 0 Å². The highest BCUT2D eigenvalue weighted by atomic mass is 35.5. The smallest absolute Gasteiger partial charge is 0.321 e. The van der Waals surface area contributed by atoms with Crippen LogP contribution in [0.25, 0.3) is 0 Å². The number of hydrogen-bond donors (Lipinski definition) is 1. The van der Waals surface area contributed by atoms with E-state index in [1.54, 1.807) is 36.1 Å². The van der Waals surface area contributed by atoms with Gasteiger partial charge in [0.1, 0.15) is 0 Å². The van der Waals surface area contributed by atoms with Crippen molar-refractivity contribution in [1.29, 1.82) is 0 Å². The highest BCUT2D eigenvalue weighted by Gasteiger charge is 2.18. The van der Waals surface area contributed by atoms with Crippen molar-refractivity contribution >= 4 is 29.3 Å². The first kappa shape index (κ1) is 20.5. The van der Waals surface area contributed by atoms with Crippen molar-refractivity contribution in [2.75, 3.05) is 57.9 Å². The molecule has 0 saturated carbocycles. The number of ether oxygens (including phenoxy) is 2. The van der Waals surface area contributed by atoms with E-state index in [1.165, 1.54) is 0 Å². The molecular formula is C18H26ClN3O4. The van der Waals surface area contributed by atoms with E-state index in [0.717, 1.165) is 19.6 Å². The summed E-state index contributed by atoms with van der Waals surface area (Å²) < 4.78 is 10.3. The molecule has 1 saturated heterocycles. The fourth-order valence-corrected chi connectivity index (χ4v) is 2.72. The van der Waals surface area contributed by atoms with E-state index in [9.17, 15) is 9.59 Å². The Hall–Kier alpha value is -1.83. The molecule has 0 unspecified atom stereocenters. The van der Waals surface area contributed by atoms with E-state index in [0.29, 0.717) is 43.6 Å². The molecule has 1 fully saturated rings. The van der Waals surface area contributed by atoms with Crippen LogP contribution in [-0.2, 0) is 14.3 Å². The molecule has 1 aliphatic rings. The highest BCUT2D eigenvalue weighted by molar-refractivity contribution is 6.30. The Morgan fingerprint density at radius 1 is 1.23 bits per heavy atom. The van der Waals surface area contributed by atoms with Gasteiger partial charge < -0.3 is 19.7 Å². The van der Waals surface area contributed by atoms with E-state index in [2.05, 4.69) is 10.2 Å². The number of morpholine rings is 1. The van der Waals surface area contributed by atoms with Crippen LogP contribution in [0.5, 0.6) is 0 Å². The first-order valence-electron chi connectivity index (χ1n) is 8.85. The van der Waals surface area contributed by atoms with Crippen molar-refractivity contribution in [2.45, 2.75) is 13.3 Å². The zero-order valence-corrected chi connectivity index (χ0v) is 15.8. The first-order valence-corrected chi connectivity index (χ1v) is 9.23. The second-order valence-electron chi connectivity index (χ2n) is 5.93. The van der Waals surface area contributed by atoms with Gasteiger partial charge in [-0.25, -0.2) is 4.79 Å². The predicted octanol–water partition coefficient (Wildman–Crippen LogP) is 2.46. The molecule has 26 heavy (non-hydrogen) atoms. The van der Waals surface area contributed by atoms with Crippen molar-refractivity contribution in [2.24, 2.45) is 0 Å². The average molecular weight is 384 g/mol. The molecule has 0 aromatic heterocycles. The standard InChI is InChI=1S/C18H26ClN3O4/c1-2-26-17(23)7-8-22(10-9-21-11-13-25-14-12-21)18(24)20-16-5-3-15(19)4-6-16/h3-6H,2,7-14H2,1H3,(H,20,24). The Balaban J connectivity index is 1.91. The quantitative estimate of drug-likeness (QED) is 0.698. The van der Waals surface area contributed by atoms with Gasteiger partial charge in [0.25, 0.3) is 0 Å². The van der Waals surface area contributed by atoms with Gasteiger partial charge in [-0.05, 0) is 31.2 Å². The number of anilines is 1. The molecule has 7 nitrogen and oxygen atoms in total. The van der Waals surface area contributed by atoms with Crippen molar-refractivity contribution in [3.05, 3.63) is 29.3 Å². The lowest BCUT2D eigenvalue weighted by Crippen LogP contribution is -2.44. The van der Waals surface area contributed by atoms with Crippen LogP contribution in [0.1, 0.15) is 13.3 Å². The van der Waals surface area contributed by atoms with Crippen molar-refractivity contribution in [1.82, 2.24) is 9.80 Å². The summed E-state index contributed by atoms with van der Waals surface area (Å²) in [4.78, 5) is 28.2. The molecule has 2 amide bonds. The Bertz CT molecular complexity index is 576. The highest BCUT2D eigenvalue weighted by Crippen LogP contribution is 2.14. The molecule has 1 aromatic carbocycles. The predicted molar refractivity (Wildman–Crippen MR) is 101 cm³/mol. The fraction of sp³-hybridized carbons (Fsp3) is 0.556. The van der Waals surface area contributed by atoms with Gasteiger partial charge in [-0.2, -0.15) is 0 Å². The number of hydrogen-bond acceptors (Lipinski definition) is 5. The first-order chi connectivity index (χ1) is 12.6. The molecular weight excluding hydrogens is 358 g/mol. The molecule has 1 aromatic rings. The molecule has 0 spiro atoms. The molecule has 1 heterocycles. The van der Waals surface area contributed by atoms with Gasteiger partial charge in [-0.3, -0.25) is 9.69 Å². The number of nitrogens with one attached hydrogen (secondary N) is 1. The Kier molecular flexibility index (Phi) is 8.67. The molecule has 0 bridgehead atoms. The van der Waals surface area contributed by atoms with E-state index in [-0.39, 0.29) is 18.4 Å². The summed E-state index contributed by atoms with van der Waals surface area (Å²) in [6, 6.07) is 6.67. The summed E-state index contributed by atoms with van der Waals surface area (Å²) in [5.41, 5.74) is 0.659. The Labute approximate surface area is 159 Å². The van der Waals surface area contributed by atoms with Gasteiger partial charge in [0.05, 0.1) is 26.2 Å². The van der Waals surface area contributed by atoms with Crippen molar-refractivity contribution in [3.63, 3.8) is 0 Å². The van der Waals surface area contributed by atoms with Crippen molar-refractivity contribution < 1.29 is 19.1 Å². The van der Waals surface area contributed by atoms with E-state index < -0.39 is 0 Å². The Morgan fingerprint density at radius 3 is 2.58 bits per heavy atom. The Morgan fingerprint density at radius 2 is 1.92 bits per heavy atom. The molecule has 8 heteroatoms. The lowest BCUT2D eigenvalue weighted by molar-refractivity contribution is -0.143. The van der Waals surface area contributed by atoms with Crippen LogP contribution in [0.2, 0.25) is 5.02 Å². The van der Waals surface area contributed by atoms with Crippen molar-refractivity contribution in [3.8, 4) is 0 Å². The minimum absolute atomic E-state index is 0.172.